The predicted molar refractivity (Wildman–Crippen MR) is 59.2 cm³/mol. The van der Waals surface area contributed by atoms with E-state index in [-0.39, 0.29) is 4.75 Å². The maximum atomic E-state index is 4.24. The molecule has 0 saturated carbocycles. The maximum Gasteiger partial charge on any atom is 0.0819 e. The Balaban J connectivity index is 2.51. The Labute approximate surface area is 83.6 Å². The summed E-state index contributed by atoms with van der Waals surface area (Å²) in [7, 11) is 0. The Morgan fingerprint density at radius 1 is 1.38 bits per heavy atom. The molecule has 0 bridgehead atoms. The molecular weight excluding hydrogens is 180 g/mol. The van der Waals surface area contributed by atoms with Crippen LogP contribution in [0.15, 0.2) is 28.8 Å². The van der Waals surface area contributed by atoms with Crippen LogP contribution in [0.3, 0.4) is 0 Å². The Hall–Kier alpha value is -0.830. The zero-order valence-electron chi connectivity index (χ0n) is 8.19. The summed E-state index contributed by atoms with van der Waals surface area (Å²) in [6.45, 7) is 6.40. The monoisotopic (exact) mass is 194 g/mol. The van der Waals surface area contributed by atoms with Crippen LogP contribution < -0.4 is 0 Å². The van der Waals surface area contributed by atoms with Crippen LogP contribution in [0.1, 0.15) is 26.5 Å². The third-order valence-corrected chi connectivity index (χ3v) is 1.96. The van der Waals surface area contributed by atoms with Gasteiger partial charge >= 0.3 is 0 Å². The number of pyridine rings is 1. The van der Waals surface area contributed by atoms with Crippen molar-refractivity contribution < 1.29 is 0 Å². The normalized spacial score (nSPS) is 12.2. The molecule has 70 valence electrons. The highest BCUT2D eigenvalue weighted by atomic mass is 32.2. The molecular formula is C10H14N2S. The predicted octanol–water partition coefficient (Wildman–Crippen LogP) is 2.95. The summed E-state index contributed by atoms with van der Waals surface area (Å²) in [4.78, 5) is 4.14. The van der Waals surface area contributed by atoms with E-state index in [0.29, 0.717) is 0 Å². The fraction of sp³-hybridized carbons (Fsp3) is 0.400. The van der Waals surface area contributed by atoms with Crippen molar-refractivity contribution in [1.82, 2.24) is 4.98 Å². The van der Waals surface area contributed by atoms with E-state index in [1.54, 1.807) is 24.4 Å². The quantitative estimate of drug-likeness (QED) is 0.534. The van der Waals surface area contributed by atoms with Gasteiger partial charge in [-0.1, -0.05) is 6.07 Å². The minimum absolute atomic E-state index is 0.172. The van der Waals surface area contributed by atoms with Crippen molar-refractivity contribution in [1.29, 1.82) is 0 Å². The highest BCUT2D eigenvalue weighted by Gasteiger charge is 2.08. The molecule has 0 N–H and O–H groups in total. The Bertz CT molecular complexity index is 275. The summed E-state index contributed by atoms with van der Waals surface area (Å²) < 4.78 is 4.41. The highest BCUT2D eigenvalue weighted by Crippen LogP contribution is 2.23. The average molecular weight is 194 g/mol. The van der Waals surface area contributed by atoms with Gasteiger partial charge in [-0.25, -0.2) is 4.40 Å². The molecule has 0 atom stereocenters. The molecule has 1 aromatic rings. The zero-order valence-corrected chi connectivity index (χ0v) is 9.01. The van der Waals surface area contributed by atoms with Crippen molar-refractivity contribution in [3.63, 3.8) is 0 Å². The molecule has 0 saturated heterocycles. The second kappa shape index (κ2) is 4.42. The van der Waals surface area contributed by atoms with Crippen LogP contribution in [-0.2, 0) is 0 Å². The number of hydrogen-bond acceptors (Lipinski definition) is 3. The van der Waals surface area contributed by atoms with Gasteiger partial charge in [0.1, 0.15) is 0 Å². The van der Waals surface area contributed by atoms with Gasteiger partial charge in [0.2, 0.25) is 0 Å². The van der Waals surface area contributed by atoms with E-state index in [4.69, 9.17) is 0 Å². The minimum Gasteiger partial charge on any atom is -0.255 e. The van der Waals surface area contributed by atoms with Crippen molar-refractivity contribution >= 4 is 18.2 Å². The largest absolute Gasteiger partial charge is 0.255 e. The molecule has 1 rings (SSSR count). The molecule has 2 nitrogen and oxygen atoms in total. The number of nitrogens with zero attached hydrogens (tertiary/aromatic N) is 2. The molecule has 0 aromatic carbocycles. The van der Waals surface area contributed by atoms with Gasteiger partial charge in [-0.2, -0.15) is 0 Å². The summed E-state index contributed by atoms with van der Waals surface area (Å²) in [5, 5.41) is 0. The maximum absolute atomic E-state index is 4.24. The van der Waals surface area contributed by atoms with E-state index >= 15 is 0 Å². The van der Waals surface area contributed by atoms with Crippen molar-refractivity contribution in [2.45, 2.75) is 25.5 Å². The summed E-state index contributed by atoms with van der Waals surface area (Å²) in [5.41, 5.74) is 0.902. The molecule has 0 amide bonds. The van der Waals surface area contributed by atoms with E-state index in [9.17, 15) is 0 Å². The fourth-order valence-corrected chi connectivity index (χ4v) is 1.17. The van der Waals surface area contributed by atoms with Crippen LogP contribution in [0.4, 0.5) is 0 Å². The third-order valence-electron chi connectivity index (χ3n) is 1.20. The number of aromatic nitrogens is 1. The van der Waals surface area contributed by atoms with Crippen LogP contribution in [-0.4, -0.2) is 15.9 Å². The fourth-order valence-electron chi connectivity index (χ4n) is 0.691. The van der Waals surface area contributed by atoms with E-state index in [1.165, 1.54) is 0 Å². The lowest BCUT2D eigenvalue weighted by molar-refractivity contribution is 0.804. The van der Waals surface area contributed by atoms with Crippen molar-refractivity contribution in [2.24, 2.45) is 4.40 Å². The van der Waals surface area contributed by atoms with Gasteiger partial charge in [-0.05, 0) is 44.9 Å². The Kier molecular flexibility index (Phi) is 3.48. The summed E-state index contributed by atoms with van der Waals surface area (Å²) in [5.74, 6) is 0. The molecule has 1 heterocycles. The lowest BCUT2D eigenvalue weighted by atomic mass is 10.3. The lowest BCUT2D eigenvalue weighted by Gasteiger charge is -2.11. The molecule has 1 aromatic heterocycles. The first kappa shape index (κ1) is 10.3. The summed E-state index contributed by atoms with van der Waals surface area (Å²) >= 11 is 1.56. The van der Waals surface area contributed by atoms with E-state index in [0.717, 1.165) is 5.69 Å². The van der Waals surface area contributed by atoms with Gasteiger partial charge in [0, 0.05) is 10.9 Å². The molecule has 0 unspecified atom stereocenters. The highest BCUT2D eigenvalue weighted by molar-refractivity contribution is 7.99. The average Bonchev–Trinajstić information content (AvgIpc) is 2.04. The second-order valence-corrected chi connectivity index (χ2v) is 5.31. The van der Waals surface area contributed by atoms with Gasteiger partial charge in [0.05, 0.1) is 11.9 Å². The van der Waals surface area contributed by atoms with Crippen molar-refractivity contribution in [3.8, 4) is 0 Å². The van der Waals surface area contributed by atoms with E-state index < -0.39 is 0 Å². The third kappa shape index (κ3) is 4.68. The number of hydrogen-bond donors (Lipinski definition) is 0. The van der Waals surface area contributed by atoms with Crippen LogP contribution in [0.2, 0.25) is 0 Å². The van der Waals surface area contributed by atoms with Crippen LogP contribution in [0.25, 0.3) is 0 Å². The topological polar surface area (TPSA) is 25.2 Å². The molecule has 0 aliphatic heterocycles. The first-order valence-electron chi connectivity index (χ1n) is 4.20. The lowest BCUT2D eigenvalue weighted by Crippen LogP contribution is -2.05. The van der Waals surface area contributed by atoms with Gasteiger partial charge < -0.3 is 0 Å². The first-order valence-corrected chi connectivity index (χ1v) is 4.98. The molecule has 0 aliphatic carbocycles. The van der Waals surface area contributed by atoms with E-state index in [2.05, 4.69) is 30.2 Å². The van der Waals surface area contributed by atoms with E-state index in [1.807, 2.05) is 18.2 Å². The van der Waals surface area contributed by atoms with Gasteiger partial charge in [0.25, 0.3) is 0 Å². The Morgan fingerprint density at radius 2 is 2.15 bits per heavy atom. The Morgan fingerprint density at radius 3 is 2.69 bits per heavy atom. The van der Waals surface area contributed by atoms with Crippen LogP contribution >= 0.6 is 11.9 Å². The molecule has 0 aliphatic rings. The summed E-state index contributed by atoms with van der Waals surface area (Å²) in [6, 6.07) is 5.79. The molecule has 3 heteroatoms. The van der Waals surface area contributed by atoms with Crippen LogP contribution in [0, 0.1) is 0 Å². The minimum atomic E-state index is 0.172. The van der Waals surface area contributed by atoms with Crippen LogP contribution in [0.5, 0.6) is 0 Å². The smallest absolute Gasteiger partial charge is 0.0819 e. The molecule has 0 fully saturated rings. The first-order chi connectivity index (χ1) is 6.08. The zero-order chi connectivity index (χ0) is 9.73. The molecule has 13 heavy (non-hydrogen) atoms. The van der Waals surface area contributed by atoms with Gasteiger partial charge in [0.15, 0.2) is 0 Å². The number of rotatable bonds is 2. The standard InChI is InChI=1S/C10H14N2S/c1-10(2,3)13-12-8-9-6-4-5-7-11-9/h4-8H,1-3H3. The SMILES string of the molecule is CC(C)(C)SN=Cc1ccccn1. The summed E-state index contributed by atoms with van der Waals surface area (Å²) in [6.07, 6.45) is 3.55. The van der Waals surface area contributed by atoms with Gasteiger partial charge in [-0.3, -0.25) is 4.98 Å². The molecule has 0 spiro atoms. The van der Waals surface area contributed by atoms with Crippen molar-refractivity contribution in [3.05, 3.63) is 30.1 Å². The van der Waals surface area contributed by atoms with Crippen molar-refractivity contribution in [2.75, 3.05) is 0 Å². The molecule has 0 radical (unpaired) electrons. The second-order valence-electron chi connectivity index (χ2n) is 3.69. The van der Waals surface area contributed by atoms with Gasteiger partial charge in [-0.15, -0.1) is 0 Å².